The molecule has 1 aliphatic carbocycles. The van der Waals surface area contributed by atoms with Gasteiger partial charge in [-0.3, -0.25) is 14.7 Å². The number of nitrogen functional groups attached to an aromatic ring is 1. The minimum Gasteiger partial charge on any atom is -0.397 e. The highest BCUT2D eigenvalue weighted by Crippen LogP contribution is 2.34. The third-order valence-corrected chi connectivity index (χ3v) is 5.82. The Labute approximate surface area is 177 Å². The summed E-state index contributed by atoms with van der Waals surface area (Å²) in [4.78, 5) is 21.1. The summed E-state index contributed by atoms with van der Waals surface area (Å²) in [6, 6.07) is 12.0. The maximum atomic E-state index is 13.0. The number of hydrogen-bond acceptors (Lipinski definition) is 5. The molecule has 1 aromatic heterocycles. The van der Waals surface area contributed by atoms with Gasteiger partial charge < -0.3 is 15.7 Å². The minimum atomic E-state index is -0.154. The minimum absolute atomic E-state index is 0.0146. The summed E-state index contributed by atoms with van der Waals surface area (Å²) in [5, 5.41) is 10.2. The molecule has 0 bridgehead atoms. The molecule has 156 valence electrons. The standard InChI is InChI=1S/C24H28N4O2/c25-21-13-20(14-26-15-21)24(30)27-11-12-28(22(16-27)17-29)23(18-7-3-1-4-8-18)19-9-5-2-6-10-19/h1,3-5,7-10,13-15,22-23,29H,2,6,11-12,16-17,25H2. The van der Waals surface area contributed by atoms with Gasteiger partial charge in [0.15, 0.2) is 0 Å². The number of carbonyl (C=O) groups excluding carboxylic acids is 1. The van der Waals surface area contributed by atoms with E-state index in [1.54, 1.807) is 17.2 Å². The Kier molecular flexibility index (Phi) is 6.26. The average Bonchev–Trinajstić information content (AvgIpc) is 2.80. The number of pyridine rings is 1. The summed E-state index contributed by atoms with van der Waals surface area (Å²) in [6.07, 6.45) is 11.9. The van der Waals surface area contributed by atoms with Crippen molar-refractivity contribution in [3.05, 3.63) is 83.7 Å². The normalized spacial score (nSPS) is 20.6. The number of aromatic nitrogens is 1. The molecule has 1 aromatic carbocycles. The summed E-state index contributed by atoms with van der Waals surface area (Å²) in [6.45, 7) is 1.71. The molecule has 1 amide bonds. The van der Waals surface area contributed by atoms with Crippen molar-refractivity contribution in [3.63, 3.8) is 0 Å². The number of nitrogens with zero attached hydrogens (tertiary/aromatic N) is 3. The van der Waals surface area contributed by atoms with Gasteiger partial charge in [-0.25, -0.2) is 0 Å². The molecule has 2 aromatic rings. The number of piperazine rings is 1. The highest BCUT2D eigenvalue weighted by molar-refractivity contribution is 5.94. The Balaban J connectivity index is 1.58. The van der Waals surface area contributed by atoms with E-state index in [1.165, 1.54) is 17.3 Å². The van der Waals surface area contributed by atoms with Crippen molar-refractivity contribution in [2.24, 2.45) is 0 Å². The lowest BCUT2D eigenvalue weighted by molar-refractivity contribution is 0.0194. The van der Waals surface area contributed by atoms with Crippen LogP contribution in [-0.4, -0.2) is 58.1 Å². The maximum absolute atomic E-state index is 13.0. The fraction of sp³-hybridized carbons (Fsp3) is 0.333. The highest BCUT2D eigenvalue weighted by Gasteiger charge is 2.35. The first-order chi connectivity index (χ1) is 14.7. The van der Waals surface area contributed by atoms with Crippen LogP contribution < -0.4 is 5.73 Å². The van der Waals surface area contributed by atoms with E-state index < -0.39 is 0 Å². The molecular weight excluding hydrogens is 376 g/mol. The van der Waals surface area contributed by atoms with Gasteiger partial charge in [-0.05, 0) is 30.0 Å². The van der Waals surface area contributed by atoms with Crippen molar-refractivity contribution in [2.45, 2.75) is 24.9 Å². The fourth-order valence-electron chi connectivity index (χ4n) is 4.36. The zero-order chi connectivity index (χ0) is 20.9. The van der Waals surface area contributed by atoms with E-state index in [0.717, 1.165) is 12.8 Å². The van der Waals surface area contributed by atoms with E-state index in [4.69, 9.17) is 5.73 Å². The van der Waals surface area contributed by atoms with Crippen molar-refractivity contribution in [2.75, 3.05) is 32.0 Å². The second-order valence-electron chi connectivity index (χ2n) is 7.83. The maximum Gasteiger partial charge on any atom is 0.255 e. The summed E-state index contributed by atoms with van der Waals surface area (Å²) < 4.78 is 0. The van der Waals surface area contributed by atoms with Gasteiger partial charge in [0.1, 0.15) is 0 Å². The monoisotopic (exact) mass is 404 g/mol. The third kappa shape index (κ3) is 4.30. The van der Waals surface area contributed by atoms with E-state index in [-0.39, 0.29) is 24.6 Å². The second kappa shape index (κ2) is 9.24. The van der Waals surface area contributed by atoms with Crippen LogP contribution in [0.15, 0.2) is 72.6 Å². The molecule has 30 heavy (non-hydrogen) atoms. The van der Waals surface area contributed by atoms with Crippen LogP contribution in [0.1, 0.15) is 34.8 Å². The van der Waals surface area contributed by atoms with E-state index >= 15 is 0 Å². The van der Waals surface area contributed by atoms with Crippen LogP contribution in [0.5, 0.6) is 0 Å². The van der Waals surface area contributed by atoms with Crippen LogP contribution in [-0.2, 0) is 0 Å². The topological polar surface area (TPSA) is 82.7 Å². The van der Waals surface area contributed by atoms with Crippen molar-refractivity contribution >= 4 is 11.6 Å². The van der Waals surface area contributed by atoms with Crippen LogP contribution in [0.3, 0.4) is 0 Å². The van der Waals surface area contributed by atoms with Gasteiger partial charge in [0.2, 0.25) is 0 Å². The van der Waals surface area contributed by atoms with Gasteiger partial charge >= 0.3 is 0 Å². The predicted octanol–water partition coefficient (Wildman–Crippen LogP) is 2.80. The van der Waals surface area contributed by atoms with Crippen LogP contribution in [0, 0.1) is 0 Å². The fourth-order valence-corrected chi connectivity index (χ4v) is 4.36. The summed E-state index contributed by atoms with van der Waals surface area (Å²) in [5.41, 5.74) is 9.21. The number of benzene rings is 1. The molecule has 4 rings (SSSR count). The molecular formula is C24H28N4O2. The molecule has 3 N–H and O–H groups in total. The molecule has 1 saturated heterocycles. The number of anilines is 1. The summed E-state index contributed by atoms with van der Waals surface area (Å²) in [5.74, 6) is -0.0964. The van der Waals surface area contributed by atoms with Crippen molar-refractivity contribution in [3.8, 4) is 0 Å². The largest absolute Gasteiger partial charge is 0.397 e. The lowest BCUT2D eigenvalue weighted by Crippen LogP contribution is -2.57. The van der Waals surface area contributed by atoms with E-state index in [2.05, 4.69) is 52.4 Å². The molecule has 2 heterocycles. The Morgan fingerprint density at radius 3 is 2.73 bits per heavy atom. The molecule has 1 fully saturated rings. The number of amides is 1. The molecule has 6 heteroatoms. The van der Waals surface area contributed by atoms with Crippen LogP contribution in [0.4, 0.5) is 5.69 Å². The smallest absolute Gasteiger partial charge is 0.255 e. The van der Waals surface area contributed by atoms with E-state index in [1.807, 2.05) is 6.07 Å². The van der Waals surface area contributed by atoms with Gasteiger partial charge in [0.25, 0.3) is 5.91 Å². The Hall–Kier alpha value is -2.96. The number of hydrogen-bond donors (Lipinski definition) is 2. The molecule has 0 saturated carbocycles. The zero-order valence-electron chi connectivity index (χ0n) is 17.0. The number of aliphatic hydroxyl groups is 1. The number of aliphatic hydroxyl groups excluding tert-OH is 1. The van der Waals surface area contributed by atoms with E-state index in [0.29, 0.717) is 30.9 Å². The summed E-state index contributed by atoms with van der Waals surface area (Å²) >= 11 is 0. The summed E-state index contributed by atoms with van der Waals surface area (Å²) in [7, 11) is 0. The molecule has 0 spiro atoms. The van der Waals surface area contributed by atoms with Crippen LogP contribution in [0.25, 0.3) is 0 Å². The van der Waals surface area contributed by atoms with Crippen molar-refractivity contribution in [1.29, 1.82) is 0 Å². The molecule has 1 aliphatic heterocycles. The number of carbonyl (C=O) groups is 1. The lowest BCUT2D eigenvalue weighted by atomic mass is 9.91. The van der Waals surface area contributed by atoms with Gasteiger partial charge in [0, 0.05) is 32.0 Å². The highest BCUT2D eigenvalue weighted by atomic mass is 16.3. The predicted molar refractivity (Wildman–Crippen MR) is 118 cm³/mol. The molecule has 0 radical (unpaired) electrons. The molecule has 2 aliphatic rings. The first-order valence-corrected chi connectivity index (χ1v) is 10.5. The van der Waals surface area contributed by atoms with Gasteiger partial charge in [-0.1, -0.05) is 48.6 Å². The molecule has 2 atom stereocenters. The Morgan fingerprint density at radius 2 is 2.03 bits per heavy atom. The van der Waals surface area contributed by atoms with Crippen molar-refractivity contribution < 1.29 is 9.90 Å². The van der Waals surface area contributed by atoms with Gasteiger partial charge in [-0.15, -0.1) is 0 Å². The number of rotatable bonds is 5. The average molecular weight is 405 g/mol. The quantitative estimate of drug-likeness (QED) is 0.801. The van der Waals surface area contributed by atoms with Crippen LogP contribution >= 0.6 is 0 Å². The first kappa shape index (κ1) is 20.3. The van der Waals surface area contributed by atoms with Gasteiger partial charge in [0.05, 0.1) is 29.9 Å². The third-order valence-electron chi connectivity index (χ3n) is 5.82. The lowest BCUT2D eigenvalue weighted by Gasteiger charge is -2.45. The number of nitrogens with two attached hydrogens (primary N) is 1. The van der Waals surface area contributed by atoms with Crippen LogP contribution in [0.2, 0.25) is 0 Å². The SMILES string of the molecule is Nc1cncc(C(=O)N2CCN(C(C3=CCCC=C3)c3ccccc3)C(CO)C2)c1. The van der Waals surface area contributed by atoms with Gasteiger partial charge in [-0.2, -0.15) is 0 Å². The second-order valence-corrected chi connectivity index (χ2v) is 7.83. The molecule has 6 nitrogen and oxygen atoms in total. The zero-order valence-corrected chi connectivity index (χ0v) is 17.0. The Bertz CT molecular complexity index is 941. The number of allylic oxidation sites excluding steroid dienone is 2. The Morgan fingerprint density at radius 1 is 1.20 bits per heavy atom. The first-order valence-electron chi connectivity index (χ1n) is 10.5. The van der Waals surface area contributed by atoms with Crippen molar-refractivity contribution in [1.82, 2.24) is 14.8 Å². The molecule has 2 unspecified atom stereocenters. The van der Waals surface area contributed by atoms with E-state index in [9.17, 15) is 9.90 Å².